The van der Waals surface area contributed by atoms with Crippen molar-refractivity contribution in [2.75, 3.05) is 5.32 Å². The minimum Gasteiger partial charge on any atom is -0.437 e. The number of anilines is 2. The van der Waals surface area contributed by atoms with Crippen LogP contribution in [0.4, 0.5) is 10.8 Å². The number of hydrogen-bond acceptors (Lipinski definition) is 6. The fraction of sp³-hybridized carbons (Fsp3) is 0.208. The first-order valence-electron chi connectivity index (χ1n) is 9.76. The molecule has 4 aromatic rings. The van der Waals surface area contributed by atoms with Gasteiger partial charge in [-0.05, 0) is 41.3 Å². The Bertz CT molecular complexity index is 1190. The number of nitrogens with one attached hydrogen (secondary N) is 1. The van der Waals surface area contributed by atoms with Crippen molar-refractivity contribution in [3.63, 3.8) is 0 Å². The van der Waals surface area contributed by atoms with Crippen LogP contribution in [-0.2, 0) is 16.6 Å². The van der Waals surface area contributed by atoms with Crippen molar-refractivity contribution in [3.05, 3.63) is 71.9 Å². The molecule has 2 aromatic heterocycles. The number of aldehydes is 1. The number of aromatic nitrogens is 2. The van der Waals surface area contributed by atoms with Crippen LogP contribution < -0.4 is 10.1 Å². The number of rotatable bonds is 6. The molecule has 30 heavy (non-hydrogen) atoms. The summed E-state index contributed by atoms with van der Waals surface area (Å²) in [5.74, 6) is 1.28. The van der Waals surface area contributed by atoms with Crippen LogP contribution in [0.1, 0.15) is 31.9 Å². The van der Waals surface area contributed by atoms with Gasteiger partial charge in [-0.3, -0.25) is 0 Å². The maximum absolute atomic E-state index is 10.8. The lowest BCUT2D eigenvalue weighted by molar-refractivity contribution is -0.107. The minimum atomic E-state index is -0.0504. The van der Waals surface area contributed by atoms with Crippen molar-refractivity contribution in [2.45, 2.75) is 32.6 Å². The molecule has 6 heteroatoms. The van der Waals surface area contributed by atoms with Crippen LogP contribution in [-0.4, -0.2) is 16.3 Å². The Morgan fingerprint density at radius 1 is 1.10 bits per heavy atom. The normalized spacial score (nSPS) is 11.4. The molecule has 0 saturated carbocycles. The number of thiazole rings is 1. The SMILES string of the molecule is CC(C)(C)c1ccccc1Oc1ncccc1Nc1nc2ccc(CC=O)cc2s1. The van der Waals surface area contributed by atoms with E-state index in [9.17, 15) is 4.79 Å². The van der Waals surface area contributed by atoms with E-state index in [2.05, 4.69) is 42.1 Å². The van der Waals surface area contributed by atoms with Gasteiger partial charge in [0.1, 0.15) is 17.7 Å². The summed E-state index contributed by atoms with van der Waals surface area (Å²) in [5, 5.41) is 4.09. The number of carbonyl (C=O) groups excluding carboxylic acids is 1. The average molecular weight is 418 g/mol. The highest BCUT2D eigenvalue weighted by atomic mass is 32.1. The Balaban J connectivity index is 1.63. The molecule has 152 valence electrons. The van der Waals surface area contributed by atoms with Gasteiger partial charge in [-0.15, -0.1) is 0 Å². The van der Waals surface area contributed by atoms with Crippen molar-refractivity contribution >= 4 is 38.7 Å². The Morgan fingerprint density at radius 2 is 1.93 bits per heavy atom. The van der Waals surface area contributed by atoms with Crippen molar-refractivity contribution in [1.82, 2.24) is 9.97 Å². The molecule has 0 spiro atoms. The number of carbonyl (C=O) groups is 1. The van der Waals surface area contributed by atoms with Gasteiger partial charge in [-0.1, -0.05) is 56.4 Å². The molecule has 0 unspecified atom stereocenters. The van der Waals surface area contributed by atoms with E-state index in [1.807, 2.05) is 48.5 Å². The molecule has 0 fully saturated rings. The number of ether oxygens (including phenoxy) is 1. The second-order valence-electron chi connectivity index (χ2n) is 8.02. The molecule has 0 atom stereocenters. The molecule has 0 aliphatic heterocycles. The zero-order chi connectivity index (χ0) is 21.1. The van der Waals surface area contributed by atoms with Crippen LogP contribution in [0.15, 0.2) is 60.8 Å². The number of benzene rings is 2. The summed E-state index contributed by atoms with van der Waals surface area (Å²) in [6, 6.07) is 17.7. The molecule has 0 aliphatic carbocycles. The predicted octanol–water partition coefficient (Wildman–Crippen LogP) is 6.27. The first-order valence-corrected chi connectivity index (χ1v) is 10.6. The Kier molecular flexibility index (Phi) is 5.50. The molecule has 1 N–H and O–H groups in total. The molecule has 0 aliphatic rings. The zero-order valence-electron chi connectivity index (χ0n) is 17.2. The fourth-order valence-electron chi connectivity index (χ4n) is 3.21. The number of hydrogen-bond donors (Lipinski definition) is 1. The summed E-state index contributed by atoms with van der Waals surface area (Å²) in [5.41, 5.74) is 3.68. The number of pyridine rings is 1. The third kappa shape index (κ3) is 4.33. The van der Waals surface area contributed by atoms with Gasteiger partial charge in [0, 0.05) is 18.2 Å². The van der Waals surface area contributed by atoms with Gasteiger partial charge in [0.25, 0.3) is 0 Å². The monoisotopic (exact) mass is 417 g/mol. The number of nitrogens with zero attached hydrogens (tertiary/aromatic N) is 2. The molecule has 4 rings (SSSR count). The lowest BCUT2D eigenvalue weighted by atomic mass is 9.86. The van der Waals surface area contributed by atoms with Crippen LogP contribution >= 0.6 is 11.3 Å². The van der Waals surface area contributed by atoms with Crippen LogP contribution in [0, 0.1) is 0 Å². The summed E-state index contributed by atoms with van der Waals surface area (Å²) in [6.45, 7) is 6.48. The van der Waals surface area contributed by atoms with E-state index in [1.165, 1.54) is 11.3 Å². The Hall–Kier alpha value is -3.25. The first-order chi connectivity index (χ1) is 14.4. The highest BCUT2D eigenvalue weighted by Gasteiger charge is 2.20. The van der Waals surface area contributed by atoms with E-state index in [1.54, 1.807) is 6.20 Å². The van der Waals surface area contributed by atoms with Crippen molar-refractivity contribution in [3.8, 4) is 11.6 Å². The third-order valence-electron chi connectivity index (χ3n) is 4.69. The predicted molar refractivity (Wildman–Crippen MR) is 122 cm³/mol. The van der Waals surface area contributed by atoms with Gasteiger partial charge >= 0.3 is 0 Å². The first kappa shape index (κ1) is 20.0. The van der Waals surface area contributed by atoms with Gasteiger partial charge in [-0.25, -0.2) is 9.97 Å². The molecular formula is C24H23N3O2S. The van der Waals surface area contributed by atoms with Crippen molar-refractivity contribution in [2.24, 2.45) is 0 Å². The number of para-hydroxylation sites is 1. The summed E-state index contributed by atoms with van der Waals surface area (Å²) in [6.07, 6.45) is 3.03. The second-order valence-corrected chi connectivity index (χ2v) is 9.05. The van der Waals surface area contributed by atoms with E-state index in [0.29, 0.717) is 12.3 Å². The van der Waals surface area contributed by atoms with Gasteiger partial charge in [0.05, 0.1) is 10.2 Å². The standard InChI is InChI=1S/C24H23N3O2S/c1-24(2,3)17-7-4-5-9-20(17)29-22-19(8-6-13-25-22)27-23-26-18-11-10-16(12-14-28)15-21(18)30-23/h4-11,13-15H,12H2,1-3H3,(H,26,27). The highest BCUT2D eigenvalue weighted by molar-refractivity contribution is 7.22. The van der Waals surface area contributed by atoms with E-state index in [0.717, 1.165) is 44.2 Å². The van der Waals surface area contributed by atoms with E-state index < -0.39 is 0 Å². The quantitative estimate of drug-likeness (QED) is 0.375. The maximum Gasteiger partial charge on any atom is 0.243 e. The number of fused-ring (bicyclic) bond motifs is 1. The smallest absolute Gasteiger partial charge is 0.243 e. The summed E-state index contributed by atoms with van der Waals surface area (Å²) < 4.78 is 7.26. The second kappa shape index (κ2) is 8.24. The summed E-state index contributed by atoms with van der Waals surface area (Å²) in [4.78, 5) is 19.9. The molecule has 0 saturated heterocycles. The molecule has 2 heterocycles. The molecule has 0 amide bonds. The molecule has 5 nitrogen and oxygen atoms in total. The molecule has 0 bridgehead atoms. The van der Waals surface area contributed by atoms with Crippen LogP contribution in [0.2, 0.25) is 0 Å². The van der Waals surface area contributed by atoms with E-state index in [4.69, 9.17) is 4.74 Å². The van der Waals surface area contributed by atoms with Crippen molar-refractivity contribution < 1.29 is 9.53 Å². The lowest BCUT2D eigenvalue weighted by Gasteiger charge is -2.22. The fourth-order valence-corrected chi connectivity index (χ4v) is 4.15. The maximum atomic E-state index is 10.8. The topological polar surface area (TPSA) is 64.1 Å². The average Bonchev–Trinajstić information content (AvgIpc) is 3.11. The molecule has 0 radical (unpaired) electrons. The van der Waals surface area contributed by atoms with Gasteiger partial charge in [-0.2, -0.15) is 0 Å². The largest absolute Gasteiger partial charge is 0.437 e. The van der Waals surface area contributed by atoms with Gasteiger partial charge in [0.2, 0.25) is 5.88 Å². The van der Waals surface area contributed by atoms with Crippen molar-refractivity contribution in [1.29, 1.82) is 0 Å². The lowest BCUT2D eigenvalue weighted by Crippen LogP contribution is -2.12. The molecule has 2 aromatic carbocycles. The van der Waals surface area contributed by atoms with Gasteiger partial charge < -0.3 is 14.8 Å². The zero-order valence-corrected chi connectivity index (χ0v) is 18.0. The van der Waals surface area contributed by atoms with Gasteiger partial charge in [0.15, 0.2) is 5.13 Å². The van der Waals surface area contributed by atoms with Crippen LogP contribution in [0.3, 0.4) is 0 Å². The van der Waals surface area contributed by atoms with E-state index in [-0.39, 0.29) is 5.41 Å². The Labute approximate surface area is 179 Å². The van der Waals surface area contributed by atoms with Crippen LogP contribution in [0.25, 0.3) is 10.2 Å². The van der Waals surface area contributed by atoms with E-state index >= 15 is 0 Å². The Morgan fingerprint density at radius 3 is 2.73 bits per heavy atom. The van der Waals surface area contributed by atoms with Crippen LogP contribution in [0.5, 0.6) is 11.6 Å². The third-order valence-corrected chi connectivity index (χ3v) is 5.62. The minimum absolute atomic E-state index is 0.0504. The molecular weight excluding hydrogens is 394 g/mol. The highest BCUT2D eigenvalue weighted by Crippen LogP contribution is 2.37. The summed E-state index contributed by atoms with van der Waals surface area (Å²) >= 11 is 1.53. The summed E-state index contributed by atoms with van der Waals surface area (Å²) in [7, 11) is 0.